The molecule has 0 amide bonds. The van der Waals surface area contributed by atoms with Gasteiger partial charge in [0.05, 0.1) is 38.1 Å². The summed E-state index contributed by atoms with van der Waals surface area (Å²) in [4.78, 5) is 4.66. The van der Waals surface area contributed by atoms with E-state index >= 15 is 0 Å². The van der Waals surface area contributed by atoms with Crippen molar-refractivity contribution in [3.63, 3.8) is 0 Å². The van der Waals surface area contributed by atoms with Crippen LogP contribution in [0.15, 0.2) is 42.5 Å². The molecule has 2 aromatic carbocycles. The first-order valence-corrected chi connectivity index (χ1v) is 9.66. The van der Waals surface area contributed by atoms with E-state index < -0.39 is 11.7 Å². The van der Waals surface area contributed by atoms with Crippen molar-refractivity contribution in [1.82, 2.24) is 4.98 Å². The molecule has 4 rings (SSSR count). The summed E-state index contributed by atoms with van der Waals surface area (Å²) in [6.45, 7) is 3.98. The minimum Gasteiger partial charge on any atom is -0.496 e. The van der Waals surface area contributed by atoms with Gasteiger partial charge in [0.15, 0.2) is 11.5 Å². The topological polar surface area (TPSA) is 70.0 Å². The molecule has 0 saturated heterocycles. The second kappa shape index (κ2) is 7.54. The standard InChI is InChI=1S/C24H25NO5/c1-24(2)11-10-15-19(30-24)9-7-16(23(15)29-5)22(26)17-8-6-14-12-20(27-3)21(28-4)13-18(14)25-17/h6-13,22,26H,1-5H3. The molecule has 1 atom stereocenters. The number of fused-ring (bicyclic) bond motifs is 2. The lowest BCUT2D eigenvalue weighted by Crippen LogP contribution is -2.27. The summed E-state index contributed by atoms with van der Waals surface area (Å²) in [5, 5.41) is 12.0. The van der Waals surface area contributed by atoms with Crippen LogP contribution >= 0.6 is 0 Å². The molecule has 156 valence electrons. The van der Waals surface area contributed by atoms with Crippen LogP contribution in [-0.4, -0.2) is 37.0 Å². The number of aliphatic hydroxyl groups excluding tert-OH is 1. The van der Waals surface area contributed by atoms with Gasteiger partial charge >= 0.3 is 0 Å². The zero-order valence-electron chi connectivity index (χ0n) is 17.7. The van der Waals surface area contributed by atoms with Gasteiger partial charge < -0.3 is 24.1 Å². The molecule has 30 heavy (non-hydrogen) atoms. The van der Waals surface area contributed by atoms with Crippen molar-refractivity contribution >= 4 is 17.0 Å². The average molecular weight is 407 g/mol. The number of benzene rings is 2. The Hall–Kier alpha value is -3.25. The Morgan fingerprint density at radius 3 is 2.40 bits per heavy atom. The first-order valence-electron chi connectivity index (χ1n) is 9.66. The number of ether oxygens (including phenoxy) is 4. The van der Waals surface area contributed by atoms with E-state index in [0.29, 0.717) is 34.0 Å². The van der Waals surface area contributed by atoms with Gasteiger partial charge in [-0.25, -0.2) is 4.98 Å². The molecule has 3 aromatic rings. The Bertz CT molecular complexity index is 1140. The third-order valence-corrected chi connectivity index (χ3v) is 5.21. The van der Waals surface area contributed by atoms with Gasteiger partial charge in [-0.1, -0.05) is 6.07 Å². The third-order valence-electron chi connectivity index (χ3n) is 5.21. The third kappa shape index (κ3) is 3.44. The van der Waals surface area contributed by atoms with Crippen molar-refractivity contribution < 1.29 is 24.1 Å². The summed E-state index contributed by atoms with van der Waals surface area (Å²) in [5.74, 6) is 2.51. The molecular weight excluding hydrogens is 382 g/mol. The summed E-state index contributed by atoms with van der Waals surface area (Å²) in [7, 11) is 4.76. The van der Waals surface area contributed by atoms with Crippen LogP contribution in [-0.2, 0) is 0 Å². The minimum absolute atomic E-state index is 0.391. The van der Waals surface area contributed by atoms with Crippen LogP contribution in [0.2, 0.25) is 0 Å². The van der Waals surface area contributed by atoms with Gasteiger partial charge in [-0.05, 0) is 50.3 Å². The fourth-order valence-electron chi connectivity index (χ4n) is 3.67. The zero-order chi connectivity index (χ0) is 21.5. The van der Waals surface area contributed by atoms with Crippen LogP contribution in [0.25, 0.3) is 17.0 Å². The second-order valence-corrected chi connectivity index (χ2v) is 7.68. The van der Waals surface area contributed by atoms with E-state index in [4.69, 9.17) is 18.9 Å². The van der Waals surface area contributed by atoms with Crippen LogP contribution in [0.1, 0.15) is 36.8 Å². The van der Waals surface area contributed by atoms with Crippen LogP contribution in [0.5, 0.6) is 23.0 Å². The highest BCUT2D eigenvalue weighted by Gasteiger charge is 2.27. The molecule has 1 N–H and O–H groups in total. The van der Waals surface area contributed by atoms with Crippen LogP contribution in [0, 0.1) is 0 Å². The summed E-state index contributed by atoms with van der Waals surface area (Å²) in [5.41, 5.74) is 2.25. The normalized spacial score (nSPS) is 15.3. The Balaban J connectivity index is 1.77. The molecule has 1 aliphatic heterocycles. The highest BCUT2D eigenvalue weighted by molar-refractivity contribution is 5.83. The lowest BCUT2D eigenvalue weighted by Gasteiger charge is -2.29. The highest BCUT2D eigenvalue weighted by Crippen LogP contribution is 2.42. The molecule has 0 saturated carbocycles. The van der Waals surface area contributed by atoms with Crippen LogP contribution < -0.4 is 18.9 Å². The molecule has 0 aliphatic carbocycles. The largest absolute Gasteiger partial charge is 0.496 e. The quantitative estimate of drug-likeness (QED) is 0.670. The van der Waals surface area contributed by atoms with Gasteiger partial charge in [0.1, 0.15) is 23.2 Å². The molecule has 2 heterocycles. The van der Waals surface area contributed by atoms with E-state index in [0.717, 1.165) is 16.7 Å². The smallest absolute Gasteiger partial charge is 0.162 e. The van der Waals surface area contributed by atoms with Gasteiger partial charge in [-0.2, -0.15) is 0 Å². The minimum atomic E-state index is -0.967. The van der Waals surface area contributed by atoms with Gasteiger partial charge in [-0.15, -0.1) is 0 Å². The summed E-state index contributed by atoms with van der Waals surface area (Å²) < 4.78 is 22.4. The van der Waals surface area contributed by atoms with Crippen molar-refractivity contribution in [1.29, 1.82) is 0 Å². The van der Waals surface area contributed by atoms with E-state index in [1.807, 2.05) is 50.3 Å². The Morgan fingerprint density at radius 1 is 0.967 bits per heavy atom. The van der Waals surface area contributed by atoms with Gasteiger partial charge in [0.2, 0.25) is 0 Å². The molecule has 6 heteroatoms. The van der Waals surface area contributed by atoms with Crippen molar-refractivity contribution in [2.45, 2.75) is 25.6 Å². The van der Waals surface area contributed by atoms with E-state index in [-0.39, 0.29) is 0 Å². The summed E-state index contributed by atoms with van der Waals surface area (Å²) in [6, 6.07) is 11.0. The maximum absolute atomic E-state index is 11.1. The fraction of sp³-hybridized carbons (Fsp3) is 0.292. The van der Waals surface area contributed by atoms with Crippen LogP contribution in [0.3, 0.4) is 0 Å². The number of rotatable bonds is 5. The van der Waals surface area contributed by atoms with E-state index in [9.17, 15) is 5.11 Å². The van der Waals surface area contributed by atoms with E-state index in [1.165, 1.54) is 0 Å². The predicted molar refractivity (Wildman–Crippen MR) is 116 cm³/mol. The molecule has 0 spiro atoms. The molecule has 0 bridgehead atoms. The maximum atomic E-state index is 11.1. The number of aromatic nitrogens is 1. The average Bonchev–Trinajstić information content (AvgIpc) is 2.75. The summed E-state index contributed by atoms with van der Waals surface area (Å²) in [6.07, 6.45) is 2.98. The zero-order valence-corrected chi connectivity index (χ0v) is 17.7. The number of nitrogens with zero attached hydrogens (tertiary/aromatic N) is 1. The SMILES string of the molecule is COc1cc2ccc(C(O)c3ccc4c(c3OC)C=CC(C)(C)O4)nc2cc1OC. The molecule has 1 aromatic heterocycles. The van der Waals surface area contributed by atoms with E-state index in [2.05, 4.69) is 4.98 Å². The Labute approximate surface area is 175 Å². The van der Waals surface area contributed by atoms with Gasteiger partial charge in [0, 0.05) is 17.0 Å². The number of aliphatic hydroxyl groups is 1. The molecule has 0 radical (unpaired) electrons. The second-order valence-electron chi connectivity index (χ2n) is 7.68. The van der Waals surface area contributed by atoms with Gasteiger partial charge in [-0.3, -0.25) is 0 Å². The molecule has 1 unspecified atom stereocenters. The first kappa shape index (κ1) is 20.0. The van der Waals surface area contributed by atoms with E-state index in [1.54, 1.807) is 33.5 Å². The maximum Gasteiger partial charge on any atom is 0.162 e. The van der Waals surface area contributed by atoms with Crippen molar-refractivity contribution in [2.75, 3.05) is 21.3 Å². The number of methoxy groups -OCH3 is 3. The summed E-state index contributed by atoms with van der Waals surface area (Å²) >= 11 is 0. The number of hydrogen-bond acceptors (Lipinski definition) is 6. The molecule has 0 fully saturated rings. The van der Waals surface area contributed by atoms with Crippen molar-refractivity contribution in [3.8, 4) is 23.0 Å². The Kier molecular flexibility index (Phi) is 5.03. The Morgan fingerprint density at radius 2 is 1.70 bits per heavy atom. The van der Waals surface area contributed by atoms with Crippen LogP contribution in [0.4, 0.5) is 0 Å². The van der Waals surface area contributed by atoms with Crippen molar-refractivity contribution in [3.05, 3.63) is 59.3 Å². The fourth-order valence-corrected chi connectivity index (χ4v) is 3.67. The lowest BCUT2D eigenvalue weighted by atomic mass is 9.96. The van der Waals surface area contributed by atoms with Crippen molar-refractivity contribution in [2.24, 2.45) is 0 Å². The molecule has 6 nitrogen and oxygen atoms in total. The number of pyridine rings is 1. The lowest BCUT2D eigenvalue weighted by molar-refractivity contribution is 0.157. The first-order chi connectivity index (χ1) is 14.4. The molecule has 1 aliphatic rings. The monoisotopic (exact) mass is 407 g/mol. The molecular formula is C24H25NO5. The number of hydrogen-bond donors (Lipinski definition) is 1. The highest BCUT2D eigenvalue weighted by atomic mass is 16.5. The van der Waals surface area contributed by atoms with Gasteiger partial charge in [0.25, 0.3) is 0 Å². The predicted octanol–water partition coefficient (Wildman–Crippen LogP) is 4.53.